The number of unbranched alkanes of at least 4 members (excludes halogenated alkanes) is 1. The van der Waals surface area contributed by atoms with Crippen LogP contribution in [0, 0.1) is 5.92 Å². The van der Waals surface area contributed by atoms with Crippen molar-refractivity contribution in [2.24, 2.45) is 33.8 Å². The van der Waals surface area contributed by atoms with Crippen LogP contribution in [0.1, 0.15) is 84.0 Å². The van der Waals surface area contributed by atoms with Gasteiger partial charge < -0.3 is 43.4 Å². The Balaban J connectivity index is 1.64. The van der Waals surface area contributed by atoms with Gasteiger partial charge in [0.1, 0.15) is 18.1 Å². The number of carbonyl (C=O) groups excluding carboxylic acids is 5. The molecule has 3 fully saturated rings. The second-order valence-electron chi connectivity index (χ2n) is 11.7. The number of fused-ring (bicyclic) bond motifs is 1. The van der Waals surface area contributed by atoms with E-state index in [4.69, 9.17) is 22.9 Å². The number of likely N-dealkylation sites (tertiary alicyclic amines) is 2. The van der Waals surface area contributed by atoms with E-state index in [9.17, 15) is 24.0 Å². The highest BCUT2D eigenvalue weighted by Crippen LogP contribution is 2.41. The predicted molar refractivity (Wildman–Crippen MR) is 157 cm³/mol. The van der Waals surface area contributed by atoms with Crippen molar-refractivity contribution < 1.29 is 24.0 Å². The van der Waals surface area contributed by atoms with Crippen LogP contribution in [0.15, 0.2) is 4.99 Å². The second-order valence-corrected chi connectivity index (χ2v) is 11.7. The van der Waals surface area contributed by atoms with Crippen LogP contribution in [0.4, 0.5) is 0 Å². The molecule has 5 amide bonds. The molecule has 0 aromatic rings. The van der Waals surface area contributed by atoms with Crippen molar-refractivity contribution in [2.45, 2.75) is 114 Å². The minimum absolute atomic E-state index is 0.0168. The molecule has 3 aliphatic rings. The third-order valence-electron chi connectivity index (χ3n) is 8.70. The fourth-order valence-electron chi connectivity index (χ4n) is 6.55. The van der Waals surface area contributed by atoms with Gasteiger partial charge in [0.2, 0.25) is 29.5 Å². The quantitative estimate of drug-likeness (QED) is 0.0813. The number of aliphatic imine (C=N–C) groups is 1. The van der Waals surface area contributed by atoms with Gasteiger partial charge in [0.15, 0.2) is 5.96 Å². The summed E-state index contributed by atoms with van der Waals surface area (Å²) in [6.45, 7) is 2.39. The molecule has 42 heavy (non-hydrogen) atoms. The Bertz CT molecular complexity index is 1020. The first-order valence-corrected chi connectivity index (χ1v) is 15.3. The molecule has 236 valence electrons. The lowest BCUT2D eigenvalue weighted by Gasteiger charge is -2.36. The Hall–Kier alpha value is -3.42. The van der Waals surface area contributed by atoms with E-state index < -0.39 is 41.9 Å². The number of rotatable bonds is 14. The second kappa shape index (κ2) is 15.7. The first-order valence-electron chi connectivity index (χ1n) is 15.3. The number of guanidine groups is 1. The summed E-state index contributed by atoms with van der Waals surface area (Å²) in [4.78, 5) is 72.0. The highest BCUT2D eigenvalue weighted by atomic mass is 16.2. The number of amides is 5. The van der Waals surface area contributed by atoms with E-state index >= 15 is 0 Å². The average molecular weight is 592 g/mol. The van der Waals surface area contributed by atoms with Gasteiger partial charge in [-0.05, 0) is 57.3 Å². The van der Waals surface area contributed by atoms with E-state index in [0.29, 0.717) is 51.6 Å². The molecule has 14 nitrogen and oxygen atoms in total. The maximum atomic E-state index is 14.0. The van der Waals surface area contributed by atoms with Gasteiger partial charge in [0.05, 0.1) is 12.6 Å². The van der Waals surface area contributed by atoms with Gasteiger partial charge in [-0.2, -0.15) is 0 Å². The topological polar surface area (TPSA) is 232 Å². The molecule has 2 saturated heterocycles. The molecule has 1 saturated carbocycles. The van der Waals surface area contributed by atoms with Gasteiger partial charge in [0.25, 0.3) is 0 Å². The summed E-state index contributed by atoms with van der Waals surface area (Å²) in [6, 6.07) is -3.06. The average Bonchev–Trinajstić information content (AvgIpc) is 3.60. The highest BCUT2D eigenvalue weighted by Gasteiger charge is 2.50. The van der Waals surface area contributed by atoms with Crippen molar-refractivity contribution in [2.75, 3.05) is 19.6 Å². The van der Waals surface area contributed by atoms with E-state index in [0.717, 1.165) is 38.5 Å². The van der Waals surface area contributed by atoms with E-state index in [2.05, 4.69) is 15.6 Å². The molecule has 0 bridgehead atoms. The lowest BCUT2D eigenvalue weighted by Crippen LogP contribution is -2.57. The molecule has 0 radical (unpaired) electrons. The van der Waals surface area contributed by atoms with Crippen LogP contribution in [-0.2, 0) is 24.0 Å². The summed E-state index contributed by atoms with van der Waals surface area (Å²) in [7, 11) is 0. The van der Waals surface area contributed by atoms with Crippen LogP contribution in [0.5, 0.6) is 0 Å². The molecule has 0 spiro atoms. The summed E-state index contributed by atoms with van der Waals surface area (Å²) < 4.78 is 0. The Morgan fingerprint density at radius 2 is 1.69 bits per heavy atom. The predicted octanol–water partition coefficient (Wildman–Crippen LogP) is -1.21. The van der Waals surface area contributed by atoms with Crippen molar-refractivity contribution in [3.63, 3.8) is 0 Å². The molecule has 1 aliphatic carbocycles. The SMILES string of the molecule is CCCC[C@H](NC(=O)CNC(=O)[C@@H]1CCCN1C(=O)[C@@H]1C[C@@H]2CCCC[C@@H]2N1C(=O)[C@H](N)CCCN=C(N)N)C(N)=O. The smallest absolute Gasteiger partial charge is 0.246 e. The molecule has 10 N–H and O–H groups in total. The molecule has 14 heteroatoms. The van der Waals surface area contributed by atoms with Crippen LogP contribution < -0.4 is 33.6 Å². The number of hydrogen-bond donors (Lipinski definition) is 6. The van der Waals surface area contributed by atoms with Crippen molar-refractivity contribution >= 4 is 35.5 Å². The van der Waals surface area contributed by atoms with Gasteiger partial charge in [-0.3, -0.25) is 29.0 Å². The summed E-state index contributed by atoms with van der Waals surface area (Å²) >= 11 is 0. The number of nitrogens with one attached hydrogen (secondary N) is 2. The van der Waals surface area contributed by atoms with Crippen molar-refractivity contribution in [3.8, 4) is 0 Å². The largest absolute Gasteiger partial charge is 0.370 e. The lowest BCUT2D eigenvalue weighted by molar-refractivity contribution is -0.148. The number of nitrogens with two attached hydrogens (primary N) is 4. The minimum atomic E-state index is -0.800. The van der Waals surface area contributed by atoms with Gasteiger partial charge in [-0.25, -0.2) is 0 Å². The van der Waals surface area contributed by atoms with Crippen LogP contribution in [0.3, 0.4) is 0 Å². The molecule has 0 aromatic heterocycles. The zero-order chi connectivity index (χ0) is 30.8. The van der Waals surface area contributed by atoms with Crippen molar-refractivity contribution in [1.29, 1.82) is 0 Å². The monoisotopic (exact) mass is 591 g/mol. The standard InChI is InChI=1S/C28H49N9O5/c1-2-3-10-19(24(30)39)35-23(38)16-34-25(40)21-12-7-14-36(21)27(42)22-15-17-8-4-5-11-20(17)37(22)26(41)18(29)9-6-13-33-28(31)32/h17-22H,2-16,29H2,1H3,(H2,30,39)(H,34,40)(H,35,38)(H4,31,32,33)/t17-,18+,19-,20-,21-,22-/m0/s1. The highest BCUT2D eigenvalue weighted by molar-refractivity contribution is 5.95. The number of carbonyl (C=O) groups is 5. The first-order chi connectivity index (χ1) is 20.0. The maximum absolute atomic E-state index is 14.0. The molecular formula is C28H49N9O5. The van der Waals surface area contributed by atoms with Gasteiger partial charge in [0, 0.05) is 19.1 Å². The zero-order valence-corrected chi connectivity index (χ0v) is 24.8. The molecule has 2 heterocycles. The summed E-state index contributed by atoms with van der Waals surface area (Å²) in [6.07, 6.45) is 8.37. The Labute approximate surface area is 247 Å². The molecule has 0 aromatic carbocycles. The minimum Gasteiger partial charge on any atom is -0.370 e. The van der Waals surface area contributed by atoms with Crippen molar-refractivity contribution in [3.05, 3.63) is 0 Å². The number of nitrogens with zero attached hydrogens (tertiary/aromatic N) is 3. The molecule has 6 atom stereocenters. The third kappa shape index (κ3) is 8.55. The van der Waals surface area contributed by atoms with Gasteiger partial charge >= 0.3 is 0 Å². The van der Waals surface area contributed by atoms with Crippen LogP contribution >= 0.6 is 0 Å². The summed E-state index contributed by atoms with van der Waals surface area (Å²) in [5.74, 6) is -1.89. The van der Waals surface area contributed by atoms with Crippen LogP contribution in [-0.4, -0.2) is 95.1 Å². The lowest BCUT2D eigenvalue weighted by atomic mass is 9.84. The zero-order valence-electron chi connectivity index (χ0n) is 24.8. The van der Waals surface area contributed by atoms with Crippen molar-refractivity contribution in [1.82, 2.24) is 20.4 Å². The van der Waals surface area contributed by atoms with E-state index in [1.165, 1.54) is 0 Å². The first kappa shape index (κ1) is 33.1. The fourth-order valence-corrected chi connectivity index (χ4v) is 6.55. The fraction of sp³-hybridized carbons (Fsp3) is 0.786. The van der Waals surface area contributed by atoms with Crippen LogP contribution in [0.25, 0.3) is 0 Å². The Kier molecular flexibility index (Phi) is 12.4. The normalized spacial score (nSPS) is 24.8. The number of primary amides is 1. The van der Waals surface area contributed by atoms with E-state index in [-0.39, 0.29) is 36.3 Å². The molecule has 3 rings (SSSR count). The molecular weight excluding hydrogens is 542 g/mol. The Morgan fingerprint density at radius 3 is 2.38 bits per heavy atom. The summed E-state index contributed by atoms with van der Waals surface area (Å²) in [5.41, 5.74) is 22.5. The maximum Gasteiger partial charge on any atom is 0.246 e. The van der Waals surface area contributed by atoms with E-state index in [1.54, 1.807) is 9.80 Å². The molecule has 0 unspecified atom stereocenters. The third-order valence-corrected chi connectivity index (χ3v) is 8.70. The van der Waals surface area contributed by atoms with Gasteiger partial charge in [-0.15, -0.1) is 0 Å². The van der Waals surface area contributed by atoms with Gasteiger partial charge in [-0.1, -0.05) is 32.6 Å². The van der Waals surface area contributed by atoms with Crippen LogP contribution in [0.2, 0.25) is 0 Å². The van der Waals surface area contributed by atoms with E-state index in [1.807, 2.05) is 6.92 Å². The Morgan fingerprint density at radius 1 is 0.952 bits per heavy atom. The number of hydrogen-bond acceptors (Lipinski definition) is 7. The summed E-state index contributed by atoms with van der Waals surface area (Å²) in [5, 5.41) is 5.19. The molecule has 2 aliphatic heterocycles.